The Labute approximate surface area is 311 Å². The molecule has 0 bridgehead atoms. The Bertz CT molecular complexity index is 1860. The molecule has 264 valence electrons. The van der Waals surface area contributed by atoms with Crippen molar-refractivity contribution >= 4 is 80.3 Å². The Morgan fingerprint density at radius 3 is 1.68 bits per heavy atom. The van der Waals surface area contributed by atoms with E-state index in [0.29, 0.717) is 43.0 Å². The SMILES string of the molecule is Fc1c(I)ccc2c1OCCn1cc(N3C(=S)OC[C@H]3C(F)F)nc1-2.O=C1OC[C@@H](C(F)F)N1c1cn2c(n1)-c1ccc(I)c(F)c1OCC2. The number of benzene rings is 2. The highest BCUT2D eigenvalue weighted by Crippen LogP contribution is 2.40. The van der Waals surface area contributed by atoms with Crippen LogP contribution in [-0.4, -0.2) is 81.7 Å². The molecule has 2 atom stereocenters. The van der Waals surface area contributed by atoms with E-state index >= 15 is 0 Å². The number of nitrogens with zero attached hydrogens (tertiary/aromatic N) is 6. The molecule has 0 unspecified atom stereocenters. The first-order chi connectivity index (χ1) is 23.9. The molecular formula is C30H22F6I2N6O5S. The monoisotopic (exact) mass is 946 g/mol. The summed E-state index contributed by atoms with van der Waals surface area (Å²) in [7, 11) is 0. The van der Waals surface area contributed by atoms with Crippen LogP contribution in [0, 0.1) is 18.8 Å². The fourth-order valence-corrected chi connectivity index (χ4v) is 6.91. The first kappa shape index (κ1) is 34.9. The predicted molar refractivity (Wildman–Crippen MR) is 186 cm³/mol. The predicted octanol–water partition coefficient (Wildman–Crippen LogP) is 6.72. The molecule has 4 aromatic rings. The van der Waals surface area contributed by atoms with Gasteiger partial charge in [-0.1, -0.05) is 0 Å². The zero-order chi connectivity index (χ0) is 35.4. The van der Waals surface area contributed by atoms with Crippen molar-refractivity contribution < 1.29 is 50.1 Å². The molecular weight excluding hydrogens is 924 g/mol. The van der Waals surface area contributed by atoms with Gasteiger partial charge in [-0.2, -0.15) is 0 Å². The number of carbonyl (C=O) groups is 1. The van der Waals surface area contributed by atoms with E-state index in [4.69, 9.17) is 31.2 Å². The minimum Gasteiger partial charge on any atom is -0.488 e. The number of carbonyl (C=O) groups excluding carboxylic acids is 1. The van der Waals surface area contributed by atoms with Crippen LogP contribution in [0.25, 0.3) is 22.8 Å². The van der Waals surface area contributed by atoms with Crippen LogP contribution in [0.2, 0.25) is 0 Å². The highest BCUT2D eigenvalue weighted by molar-refractivity contribution is 14.1. The summed E-state index contributed by atoms with van der Waals surface area (Å²) in [6, 6.07) is 3.98. The zero-order valence-electron chi connectivity index (χ0n) is 25.2. The fraction of sp³-hybridized carbons (Fsp3) is 0.333. The lowest BCUT2D eigenvalue weighted by molar-refractivity contribution is 0.104. The largest absolute Gasteiger partial charge is 0.488 e. The number of rotatable bonds is 4. The Balaban J connectivity index is 0.000000157. The van der Waals surface area contributed by atoms with Gasteiger partial charge in [-0.15, -0.1) is 0 Å². The van der Waals surface area contributed by atoms with Crippen molar-refractivity contribution in [1.29, 1.82) is 0 Å². The fourth-order valence-electron chi connectivity index (χ4n) is 5.77. The number of hydrogen-bond donors (Lipinski definition) is 0. The second kappa shape index (κ2) is 13.9. The molecule has 20 heteroatoms. The molecule has 0 aliphatic carbocycles. The van der Waals surface area contributed by atoms with Crippen LogP contribution in [0.3, 0.4) is 0 Å². The molecule has 1 amide bonds. The van der Waals surface area contributed by atoms with Crippen LogP contribution < -0.4 is 19.3 Å². The molecule has 4 aliphatic heterocycles. The van der Waals surface area contributed by atoms with Crippen LogP contribution in [0.15, 0.2) is 36.7 Å². The summed E-state index contributed by atoms with van der Waals surface area (Å²) >= 11 is 8.78. The third-order valence-electron chi connectivity index (χ3n) is 8.15. The molecule has 0 N–H and O–H groups in total. The number of anilines is 2. The number of fused-ring (bicyclic) bond motifs is 6. The van der Waals surface area contributed by atoms with Crippen molar-refractivity contribution in [2.24, 2.45) is 0 Å². The minimum absolute atomic E-state index is 0.0381. The molecule has 0 radical (unpaired) electrons. The Morgan fingerprint density at radius 1 is 0.720 bits per heavy atom. The van der Waals surface area contributed by atoms with Crippen LogP contribution in [-0.2, 0) is 22.6 Å². The number of imidazole rings is 2. The normalized spacial score (nSPS) is 19.3. The third-order valence-corrected chi connectivity index (χ3v) is 10.1. The first-order valence-electron chi connectivity index (χ1n) is 14.8. The van der Waals surface area contributed by atoms with Gasteiger partial charge in [0, 0.05) is 12.4 Å². The number of cyclic esters (lactones) is 1. The topological polar surface area (TPSA) is 96.1 Å². The van der Waals surface area contributed by atoms with Gasteiger partial charge in [0.05, 0.1) is 31.4 Å². The number of halogens is 8. The summed E-state index contributed by atoms with van der Waals surface area (Å²) in [5.74, 6) is 0.338. The number of amides is 1. The second-order valence-corrected chi connectivity index (χ2v) is 13.8. The van der Waals surface area contributed by atoms with Gasteiger partial charge in [-0.25, -0.2) is 46.0 Å². The molecule has 4 aliphatic rings. The molecule has 2 aromatic heterocycles. The highest BCUT2D eigenvalue weighted by Gasteiger charge is 2.42. The Morgan fingerprint density at radius 2 is 1.18 bits per heavy atom. The van der Waals surface area contributed by atoms with Crippen molar-refractivity contribution in [2.75, 3.05) is 36.2 Å². The summed E-state index contributed by atoms with van der Waals surface area (Å²) in [6.45, 7) is 0.598. The molecule has 6 heterocycles. The Kier molecular flexibility index (Phi) is 9.69. The molecule has 50 heavy (non-hydrogen) atoms. The summed E-state index contributed by atoms with van der Waals surface area (Å²) < 4.78 is 107. The standard InChI is InChI=1S/C15H11F3IN3O3.C15H11F3IN3O2S/c16-11-8(19)2-1-7-12(11)24-4-3-21-5-10(20-14(7)21)22-9(13(17)18)6-25-15(22)23;16-11-8(19)2-1-7-12(11)23-4-3-21-5-10(20-14(7)21)22-9(13(17)18)6-24-15(22)25/h2*1-2,5,9,13H,3-4,6H2/t2*9-/m00/s1. The van der Waals surface area contributed by atoms with Crippen molar-refractivity contribution in [3.05, 3.63) is 55.4 Å². The van der Waals surface area contributed by atoms with Crippen molar-refractivity contribution in [3.8, 4) is 34.3 Å². The average Bonchev–Trinajstić information content (AvgIpc) is 3.83. The van der Waals surface area contributed by atoms with E-state index in [1.54, 1.807) is 39.6 Å². The maximum atomic E-state index is 14.4. The number of alkyl halides is 4. The van der Waals surface area contributed by atoms with Gasteiger partial charge in [-0.3, -0.25) is 4.90 Å². The maximum absolute atomic E-state index is 14.4. The highest BCUT2D eigenvalue weighted by atomic mass is 127. The summed E-state index contributed by atoms with van der Waals surface area (Å²) in [6.07, 6.45) is -3.17. The lowest BCUT2D eigenvalue weighted by atomic mass is 10.2. The van der Waals surface area contributed by atoms with Crippen LogP contribution in [0.1, 0.15) is 0 Å². The van der Waals surface area contributed by atoms with Crippen molar-refractivity contribution in [3.63, 3.8) is 0 Å². The summed E-state index contributed by atoms with van der Waals surface area (Å²) in [5.41, 5.74) is 0.879. The van der Waals surface area contributed by atoms with Gasteiger partial charge in [0.25, 0.3) is 18.0 Å². The van der Waals surface area contributed by atoms with Crippen molar-refractivity contribution in [1.82, 2.24) is 19.1 Å². The molecule has 2 saturated heterocycles. The van der Waals surface area contributed by atoms with Gasteiger partial charge in [-0.05, 0) is 81.7 Å². The molecule has 2 fully saturated rings. The minimum atomic E-state index is -2.76. The molecule has 0 spiro atoms. The molecule has 0 saturated carbocycles. The number of thiocarbonyl (C=S) groups is 1. The second-order valence-electron chi connectivity index (χ2n) is 11.1. The number of ether oxygens (including phenoxy) is 4. The smallest absolute Gasteiger partial charge is 0.416 e. The van der Waals surface area contributed by atoms with Crippen LogP contribution in [0.5, 0.6) is 11.5 Å². The van der Waals surface area contributed by atoms with E-state index in [-0.39, 0.29) is 48.1 Å². The van der Waals surface area contributed by atoms with Gasteiger partial charge >= 0.3 is 6.09 Å². The average molecular weight is 946 g/mol. The van der Waals surface area contributed by atoms with Gasteiger partial charge in [0.2, 0.25) is 0 Å². The summed E-state index contributed by atoms with van der Waals surface area (Å²) in [5, 5.41) is -0.0381. The first-order valence-corrected chi connectivity index (χ1v) is 17.4. The van der Waals surface area contributed by atoms with E-state index in [1.807, 2.05) is 45.2 Å². The van der Waals surface area contributed by atoms with Crippen molar-refractivity contribution in [2.45, 2.75) is 38.0 Å². The van der Waals surface area contributed by atoms with Crippen LogP contribution in [0.4, 0.5) is 42.8 Å². The molecule has 8 rings (SSSR count). The zero-order valence-corrected chi connectivity index (χ0v) is 30.3. The summed E-state index contributed by atoms with van der Waals surface area (Å²) in [4.78, 5) is 22.6. The van der Waals surface area contributed by atoms with E-state index in [0.717, 1.165) is 4.90 Å². The molecule has 2 aromatic carbocycles. The van der Waals surface area contributed by atoms with E-state index < -0.39 is 49.3 Å². The van der Waals surface area contributed by atoms with Gasteiger partial charge in [0.15, 0.2) is 34.8 Å². The number of aromatic nitrogens is 4. The lowest BCUT2D eigenvalue weighted by Crippen LogP contribution is -2.38. The third kappa shape index (κ3) is 6.19. The van der Waals surface area contributed by atoms with Gasteiger partial charge < -0.3 is 28.1 Å². The van der Waals surface area contributed by atoms with Crippen LogP contribution >= 0.6 is 57.4 Å². The number of hydrogen-bond acceptors (Lipinski definition) is 8. The molecule has 11 nitrogen and oxygen atoms in total. The quantitative estimate of drug-likeness (QED) is 0.126. The van der Waals surface area contributed by atoms with E-state index in [1.165, 1.54) is 11.1 Å². The van der Waals surface area contributed by atoms with Gasteiger partial charge in [0.1, 0.15) is 50.2 Å². The lowest BCUT2D eigenvalue weighted by Gasteiger charge is -2.19. The Hall–Kier alpha value is -3.54. The maximum Gasteiger partial charge on any atom is 0.416 e. The van der Waals surface area contributed by atoms with E-state index in [9.17, 15) is 31.1 Å². The van der Waals surface area contributed by atoms with E-state index in [2.05, 4.69) is 9.97 Å².